The van der Waals surface area contributed by atoms with Gasteiger partial charge >= 0.3 is 5.97 Å². The highest BCUT2D eigenvalue weighted by atomic mass is 16.5. The van der Waals surface area contributed by atoms with E-state index in [1.807, 2.05) is 49.5 Å². The number of likely N-dealkylation sites (N-methyl/N-ethyl adjacent to an activating group) is 1. The predicted octanol–water partition coefficient (Wildman–Crippen LogP) is 6.28. The summed E-state index contributed by atoms with van der Waals surface area (Å²) < 4.78 is 12.0. The maximum Gasteiger partial charge on any atom is 0.335 e. The first kappa shape index (κ1) is 24.0. The molecular formula is C30H29NO4. The third-order valence-electron chi connectivity index (χ3n) is 5.64. The van der Waals surface area contributed by atoms with E-state index in [0.717, 1.165) is 24.3 Å². The largest absolute Gasteiger partial charge is 0.492 e. The second kappa shape index (κ2) is 11.9. The van der Waals surface area contributed by atoms with Crippen LogP contribution in [0.2, 0.25) is 0 Å². The Labute approximate surface area is 206 Å². The summed E-state index contributed by atoms with van der Waals surface area (Å²) >= 11 is 0. The Morgan fingerprint density at radius 1 is 0.800 bits per heavy atom. The first-order valence-electron chi connectivity index (χ1n) is 11.6. The molecule has 0 spiro atoms. The van der Waals surface area contributed by atoms with Crippen LogP contribution >= 0.6 is 0 Å². The van der Waals surface area contributed by atoms with Gasteiger partial charge in [0.2, 0.25) is 0 Å². The van der Waals surface area contributed by atoms with Gasteiger partial charge in [0.15, 0.2) is 0 Å². The van der Waals surface area contributed by atoms with E-state index in [1.165, 1.54) is 17.2 Å². The zero-order valence-corrected chi connectivity index (χ0v) is 19.8. The fraction of sp³-hybridized carbons (Fsp3) is 0.167. The van der Waals surface area contributed by atoms with E-state index in [-0.39, 0.29) is 5.56 Å². The quantitative estimate of drug-likeness (QED) is 0.281. The molecule has 0 saturated carbocycles. The fourth-order valence-electron chi connectivity index (χ4n) is 3.78. The zero-order valence-electron chi connectivity index (χ0n) is 19.8. The van der Waals surface area contributed by atoms with Crippen LogP contribution in [0, 0.1) is 0 Å². The average Bonchev–Trinajstić information content (AvgIpc) is 2.87. The van der Waals surface area contributed by atoms with Gasteiger partial charge in [0.25, 0.3) is 0 Å². The number of carboxylic acids is 1. The van der Waals surface area contributed by atoms with Crippen molar-refractivity contribution < 1.29 is 19.4 Å². The Balaban J connectivity index is 1.28. The first-order valence-corrected chi connectivity index (χ1v) is 11.6. The molecule has 0 amide bonds. The van der Waals surface area contributed by atoms with Crippen molar-refractivity contribution in [3.63, 3.8) is 0 Å². The van der Waals surface area contributed by atoms with Crippen molar-refractivity contribution in [3.05, 3.63) is 125 Å². The smallest absolute Gasteiger partial charge is 0.335 e. The molecule has 0 heterocycles. The normalized spacial score (nSPS) is 10.8. The third-order valence-corrected chi connectivity index (χ3v) is 5.64. The molecule has 0 saturated heterocycles. The summed E-state index contributed by atoms with van der Waals surface area (Å²) in [4.78, 5) is 13.4. The summed E-state index contributed by atoms with van der Waals surface area (Å²) in [5, 5.41) is 9.21. The van der Waals surface area contributed by atoms with E-state index in [0.29, 0.717) is 24.7 Å². The molecule has 4 aromatic rings. The van der Waals surface area contributed by atoms with Gasteiger partial charge in [0, 0.05) is 18.7 Å². The molecule has 0 aromatic heterocycles. The van der Waals surface area contributed by atoms with Crippen molar-refractivity contribution in [2.45, 2.75) is 13.0 Å². The third kappa shape index (κ3) is 7.19. The van der Waals surface area contributed by atoms with Crippen molar-refractivity contribution >= 4 is 5.97 Å². The van der Waals surface area contributed by atoms with Crippen LogP contribution < -0.4 is 9.47 Å². The second-order valence-electron chi connectivity index (χ2n) is 8.44. The second-order valence-corrected chi connectivity index (χ2v) is 8.44. The van der Waals surface area contributed by atoms with Gasteiger partial charge in [0.1, 0.15) is 23.9 Å². The van der Waals surface area contributed by atoms with Gasteiger partial charge in [-0.2, -0.15) is 0 Å². The number of carboxylic acid groups (broad SMARTS) is 1. The maximum absolute atomic E-state index is 11.2. The first-order chi connectivity index (χ1) is 17.1. The minimum Gasteiger partial charge on any atom is -0.492 e. The number of aromatic carboxylic acids is 1. The molecule has 0 radical (unpaired) electrons. The van der Waals surface area contributed by atoms with Crippen LogP contribution in [-0.4, -0.2) is 36.2 Å². The molecule has 35 heavy (non-hydrogen) atoms. The fourth-order valence-corrected chi connectivity index (χ4v) is 3.78. The standard InChI is InChI=1S/C30H29NO4/c1-31(18-19-34-27-16-14-24(15-17-27)20-23-8-3-2-4-9-23)22-26-10-5-6-13-29(26)35-28-12-7-11-25(21-28)30(32)33/h2-17,21H,18-20,22H2,1H3,(H,32,33). The zero-order chi connectivity index (χ0) is 24.5. The lowest BCUT2D eigenvalue weighted by atomic mass is 10.1. The molecule has 0 aliphatic carbocycles. The number of rotatable bonds is 11. The van der Waals surface area contributed by atoms with Crippen LogP contribution in [0.25, 0.3) is 0 Å². The Kier molecular flexibility index (Phi) is 8.15. The summed E-state index contributed by atoms with van der Waals surface area (Å²) in [6.45, 7) is 1.99. The minimum absolute atomic E-state index is 0.197. The molecule has 1 N–H and O–H groups in total. The molecule has 5 heteroatoms. The van der Waals surface area contributed by atoms with Crippen molar-refractivity contribution in [2.24, 2.45) is 0 Å². The molecule has 0 atom stereocenters. The SMILES string of the molecule is CN(CCOc1ccc(Cc2ccccc2)cc1)Cc1ccccc1Oc1cccc(C(=O)O)c1. The van der Waals surface area contributed by atoms with Gasteiger partial charge in [-0.1, -0.05) is 66.7 Å². The Hall–Kier alpha value is -4.09. The van der Waals surface area contributed by atoms with E-state index in [4.69, 9.17) is 9.47 Å². The van der Waals surface area contributed by atoms with Gasteiger partial charge in [-0.25, -0.2) is 4.79 Å². The lowest BCUT2D eigenvalue weighted by Gasteiger charge is -2.19. The highest BCUT2D eigenvalue weighted by Crippen LogP contribution is 2.27. The van der Waals surface area contributed by atoms with Crippen LogP contribution in [0.3, 0.4) is 0 Å². The van der Waals surface area contributed by atoms with Crippen LogP contribution in [0.15, 0.2) is 103 Å². The Bertz CT molecular complexity index is 1240. The average molecular weight is 468 g/mol. The molecule has 4 rings (SSSR count). The number of benzene rings is 4. The molecule has 178 valence electrons. The molecule has 0 bridgehead atoms. The van der Waals surface area contributed by atoms with Gasteiger partial charge in [-0.15, -0.1) is 0 Å². The van der Waals surface area contributed by atoms with E-state index < -0.39 is 5.97 Å². The topological polar surface area (TPSA) is 59.0 Å². The molecule has 0 aliphatic heterocycles. The number of carbonyl (C=O) groups is 1. The number of para-hydroxylation sites is 1. The lowest BCUT2D eigenvalue weighted by Crippen LogP contribution is -2.24. The van der Waals surface area contributed by atoms with Gasteiger partial charge in [0.05, 0.1) is 5.56 Å². The van der Waals surface area contributed by atoms with Crippen LogP contribution in [0.5, 0.6) is 17.2 Å². The van der Waals surface area contributed by atoms with Crippen molar-refractivity contribution in [3.8, 4) is 17.2 Å². The van der Waals surface area contributed by atoms with Gasteiger partial charge < -0.3 is 14.6 Å². The number of hydrogen-bond acceptors (Lipinski definition) is 4. The van der Waals surface area contributed by atoms with Crippen LogP contribution in [0.1, 0.15) is 27.0 Å². The van der Waals surface area contributed by atoms with Crippen molar-refractivity contribution in [2.75, 3.05) is 20.2 Å². The van der Waals surface area contributed by atoms with E-state index in [9.17, 15) is 9.90 Å². The van der Waals surface area contributed by atoms with Crippen LogP contribution in [-0.2, 0) is 13.0 Å². The van der Waals surface area contributed by atoms with E-state index in [2.05, 4.69) is 41.3 Å². The van der Waals surface area contributed by atoms with Gasteiger partial charge in [-0.05, 0) is 61.0 Å². The summed E-state index contributed by atoms with van der Waals surface area (Å²) in [5.74, 6) is 1.09. The number of nitrogens with zero attached hydrogens (tertiary/aromatic N) is 1. The monoisotopic (exact) mass is 467 g/mol. The molecule has 0 unspecified atom stereocenters. The Morgan fingerprint density at radius 3 is 2.29 bits per heavy atom. The van der Waals surface area contributed by atoms with Crippen LogP contribution in [0.4, 0.5) is 0 Å². The van der Waals surface area contributed by atoms with Crippen molar-refractivity contribution in [1.29, 1.82) is 0 Å². The highest BCUT2D eigenvalue weighted by molar-refractivity contribution is 5.88. The summed E-state index contributed by atoms with van der Waals surface area (Å²) in [7, 11) is 2.04. The predicted molar refractivity (Wildman–Crippen MR) is 137 cm³/mol. The van der Waals surface area contributed by atoms with E-state index in [1.54, 1.807) is 18.2 Å². The molecule has 0 fully saturated rings. The maximum atomic E-state index is 11.2. The molecule has 4 aromatic carbocycles. The number of ether oxygens (including phenoxy) is 2. The summed E-state index contributed by atoms with van der Waals surface area (Å²) in [6.07, 6.45) is 0.909. The highest BCUT2D eigenvalue weighted by Gasteiger charge is 2.10. The minimum atomic E-state index is -0.977. The van der Waals surface area contributed by atoms with Gasteiger partial charge in [-0.3, -0.25) is 4.90 Å². The summed E-state index contributed by atoms with van der Waals surface area (Å²) in [6, 6.07) is 33.0. The Morgan fingerprint density at radius 2 is 1.51 bits per heavy atom. The summed E-state index contributed by atoms with van der Waals surface area (Å²) in [5.41, 5.74) is 3.76. The lowest BCUT2D eigenvalue weighted by molar-refractivity contribution is 0.0696. The number of hydrogen-bond donors (Lipinski definition) is 1. The molecular weight excluding hydrogens is 438 g/mol. The molecule has 5 nitrogen and oxygen atoms in total. The van der Waals surface area contributed by atoms with Crippen molar-refractivity contribution in [1.82, 2.24) is 4.90 Å². The molecule has 0 aliphatic rings. The van der Waals surface area contributed by atoms with E-state index >= 15 is 0 Å².